The van der Waals surface area contributed by atoms with Crippen molar-refractivity contribution in [2.24, 2.45) is 24.9 Å². The van der Waals surface area contributed by atoms with Gasteiger partial charge in [-0.1, -0.05) is 27.7 Å². The van der Waals surface area contributed by atoms with E-state index in [1.807, 2.05) is 76.1 Å². The van der Waals surface area contributed by atoms with Crippen molar-refractivity contribution in [1.82, 2.24) is 29.4 Å². The van der Waals surface area contributed by atoms with E-state index in [4.69, 9.17) is 30.5 Å². The number of carbonyl (C=O) groups excluding carboxylic acids is 1. The standard InChI is InChI=1S/C22H32N3O.C22H32N3S.2C2H6.2HI.2W/c2*1-10-11-17-12-13-22(7,14-17)21(5,6)24(8)20(26)18-16(4)25(9)23-19(18)15(2)3;2*1-2;;;;/h2*1,10-11,15H,12-13H2,2-9H3;2*1-2H3;2*1H;;/q2*-1;;;;;;. The summed E-state index contributed by atoms with van der Waals surface area (Å²) in [4.78, 5) is 18.7. The number of nitrogens with zero attached hydrogens (tertiary/aromatic N) is 6. The van der Waals surface area contributed by atoms with Gasteiger partial charge < -0.3 is 0 Å². The Hall–Kier alpha value is -0.683. The molecule has 0 spiro atoms. The molecule has 0 aliphatic heterocycles. The van der Waals surface area contributed by atoms with Gasteiger partial charge in [-0.2, -0.15) is 0 Å². The summed E-state index contributed by atoms with van der Waals surface area (Å²) in [5.74, 6) is 0.597. The van der Waals surface area contributed by atoms with E-state index in [9.17, 15) is 4.79 Å². The van der Waals surface area contributed by atoms with Gasteiger partial charge in [0.1, 0.15) is 0 Å². The molecule has 2 aromatic rings. The van der Waals surface area contributed by atoms with Gasteiger partial charge in [0.15, 0.2) is 0 Å². The molecule has 2 unspecified atom stereocenters. The number of amides is 1. The molecule has 0 saturated heterocycles. The molecule has 340 valence electrons. The minimum absolute atomic E-state index is 0. The van der Waals surface area contributed by atoms with Gasteiger partial charge in [0, 0.05) is 0 Å². The summed E-state index contributed by atoms with van der Waals surface area (Å²) in [5, 5.41) is 9.34. The van der Waals surface area contributed by atoms with Crippen molar-refractivity contribution in [3.8, 4) is 0 Å². The molecule has 1 amide bonds. The molecule has 0 bridgehead atoms. The summed E-state index contributed by atoms with van der Waals surface area (Å²) in [5.41, 5.74) is 8.14. The number of halogens is 2. The van der Waals surface area contributed by atoms with Crippen molar-refractivity contribution in [3.05, 3.63) is 82.5 Å². The van der Waals surface area contributed by atoms with E-state index in [0.717, 1.165) is 64.6 Å². The maximum atomic E-state index is 13.6. The SMILES string of the molecule is CC.CC.I.I.[CH-]=CC=C1CCC(C)(C(C)(C)N(C)C(=O)c2c(C(C)C)nn(C)c2C)[C]1=[W].[CH-]=CC=C1CCC(C)(C(C)(C)N(C)C(=S)c2c(C(C)C)nn(C)c2C)[C]1=[W]. The third-order valence-electron chi connectivity index (χ3n) is 13.2. The molecule has 7 nitrogen and oxygen atoms in total. The summed E-state index contributed by atoms with van der Waals surface area (Å²) in [6.45, 7) is 45.6. The van der Waals surface area contributed by atoms with Crippen LogP contribution in [0.15, 0.2) is 35.5 Å². The number of rotatable bonds is 10. The topological polar surface area (TPSA) is 59.2 Å². The van der Waals surface area contributed by atoms with Crippen molar-refractivity contribution in [2.75, 3.05) is 14.1 Å². The molecule has 2 atom stereocenters. The summed E-state index contributed by atoms with van der Waals surface area (Å²) in [6.07, 6.45) is 11.6. The molecule has 0 aromatic carbocycles. The van der Waals surface area contributed by atoms with E-state index in [0.29, 0.717) is 5.92 Å². The predicted octanol–water partition coefficient (Wildman–Crippen LogP) is 12.1. The van der Waals surface area contributed by atoms with Gasteiger partial charge in [-0.05, 0) is 0 Å². The molecule has 2 aromatic heterocycles. The average molecular weight is 1410 g/mol. The van der Waals surface area contributed by atoms with E-state index in [2.05, 4.69) is 99.3 Å². The fourth-order valence-corrected chi connectivity index (χ4v) is 12.1. The number of carbonyl (C=O) groups is 1. The third-order valence-corrected chi connectivity index (χ3v) is 18.8. The summed E-state index contributed by atoms with van der Waals surface area (Å²) >= 11 is 9.00. The van der Waals surface area contributed by atoms with Crippen LogP contribution in [0.5, 0.6) is 0 Å². The summed E-state index contributed by atoms with van der Waals surface area (Å²) in [7, 11) is 7.98. The molecule has 4 rings (SSSR count). The zero-order valence-corrected chi connectivity index (χ0v) is 51.9. The fraction of sp³-hybridized carbons (Fsp3) is 0.625. The average Bonchev–Trinajstić information content (AvgIpc) is 3.87. The zero-order chi connectivity index (χ0) is 45.5. The van der Waals surface area contributed by atoms with Gasteiger partial charge >= 0.3 is 357 Å². The second-order valence-electron chi connectivity index (χ2n) is 17.2. The molecular formula is C48H78I2N6OSW2-2. The van der Waals surface area contributed by atoms with Crippen LogP contribution in [0.3, 0.4) is 0 Å². The van der Waals surface area contributed by atoms with Crippen molar-refractivity contribution in [1.29, 1.82) is 0 Å². The van der Waals surface area contributed by atoms with E-state index in [-0.39, 0.29) is 81.7 Å². The minimum atomic E-state index is -0.331. The van der Waals surface area contributed by atoms with Crippen LogP contribution in [0.2, 0.25) is 0 Å². The number of hydrogen-bond donors (Lipinski definition) is 0. The fourth-order valence-electron chi connectivity index (χ4n) is 7.84. The van der Waals surface area contributed by atoms with Gasteiger partial charge in [0.05, 0.1) is 0 Å². The number of hydrogen-bond acceptors (Lipinski definition) is 4. The van der Waals surface area contributed by atoms with E-state index < -0.39 is 0 Å². The molecular weight excluding hydrogens is 1330 g/mol. The molecule has 0 N–H and O–H groups in total. The second-order valence-corrected chi connectivity index (χ2v) is 20.5. The number of aromatic nitrogens is 4. The van der Waals surface area contributed by atoms with Gasteiger partial charge in [-0.25, -0.2) is 0 Å². The Morgan fingerprint density at radius 2 is 1.05 bits per heavy atom. The molecule has 12 heteroatoms. The molecule has 2 fully saturated rings. The molecule has 2 aliphatic rings. The Balaban J connectivity index is 0. The zero-order valence-electron chi connectivity index (χ0n) is 40.6. The van der Waals surface area contributed by atoms with Crippen LogP contribution in [0, 0.1) is 37.8 Å². The Kier molecular flexibility index (Phi) is 25.7. The van der Waals surface area contributed by atoms with E-state index in [1.54, 1.807) is 12.2 Å². The summed E-state index contributed by atoms with van der Waals surface area (Å²) in [6, 6.07) is 0. The normalized spacial score (nSPS) is 20.0. The van der Waals surface area contributed by atoms with E-state index >= 15 is 0 Å². The molecule has 60 heavy (non-hydrogen) atoms. The number of thiocarbonyl (C=S) groups is 1. The van der Waals surface area contributed by atoms with Crippen molar-refractivity contribution in [3.63, 3.8) is 0 Å². The van der Waals surface area contributed by atoms with Crippen LogP contribution in [0.4, 0.5) is 0 Å². The molecule has 2 aliphatic carbocycles. The summed E-state index contributed by atoms with van der Waals surface area (Å²) < 4.78 is 6.67. The second kappa shape index (κ2) is 25.1. The van der Waals surface area contributed by atoms with Gasteiger partial charge in [0.25, 0.3) is 0 Å². The van der Waals surface area contributed by atoms with E-state index in [1.165, 1.54) is 57.6 Å². The molecule has 2 heterocycles. The third kappa shape index (κ3) is 12.0. The van der Waals surface area contributed by atoms with Crippen molar-refractivity contribution >= 4 is 78.9 Å². The van der Waals surface area contributed by atoms with Crippen LogP contribution >= 0.6 is 60.2 Å². The monoisotopic (exact) mass is 1410 g/mol. The Bertz CT molecular complexity index is 1780. The van der Waals surface area contributed by atoms with Crippen LogP contribution < -0.4 is 0 Å². The number of aryl methyl sites for hydroxylation is 2. The molecule has 2 saturated carbocycles. The first kappa shape index (κ1) is 61.4. The predicted molar refractivity (Wildman–Crippen MR) is 276 cm³/mol. The van der Waals surface area contributed by atoms with Crippen LogP contribution in [-0.4, -0.2) is 73.2 Å². The Morgan fingerprint density at radius 1 is 0.733 bits per heavy atom. The first-order chi connectivity index (χ1) is 26.8. The Labute approximate surface area is 428 Å². The first-order valence-corrected chi connectivity index (χ1v) is 24.3. The van der Waals surface area contributed by atoms with Crippen LogP contribution in [-0.2, 0) is 52.8 Å². The number of allylic oxidation sites excluding steroid dienone is 6. The maximum absolute atomic E-state index is 13.6. The van der Waals surface area contributed by atoms with Gasteiger partial charge in [0.2, 0.25) is 0 Å². The Morgan fingerprint density at radius 3 is 1.38 bits per heavy atom. The van der Waals surface area contributed by atoms with Crippen LogP contribution in [0.25, 0.3) is 0 Å². The van der Waals surface area contributed by atoms with Gasteiger partial charge in [-0.15, -0.1) is 48.0 Å². The quantitative estimate of drug-likeness (QED) is 0.135. The van der Waals surface area contributed by atoms with Crippen LogP contribution in [0.1, 0.15) is 173 Å². The van der Waals surface area contributed by atoms with Gasteiger partial charge in [-0.3, -0.25) is 0 Å². The molecule has 0 radical (unpaired) electrons. The van der Waals surface area contributed by atoms with Crippen molar-refractivity contribution < 1.29 is 43.5 Å². The van der Waals surface area contributed by atoms with Crippen molar-refractivity contribution in [2.45, 2.75) is 159 Å². The first-order valence-electron chi connectivity index (χ1n) is 21.0.